The summed E-state index contributed by atoms with van der Waals surface area (Å²) in [6, 6.07) is 0.443. The van der Waals surface area contributed by atoms with E-state index in [0.717, 1.165) is 32.0 Å². The number of fused-ring (bicyclic) bond motifs is 2. The minimum atomic E-state index is -2.83. The van der Waals surface area contributed by atoms with Crippen LogP contribution in [0.5, 0.6) is 0 Å². The highest BCUT2D eigenvalue weighted by Crippen LogP contribution is 2.60. The van der Waals surface area contributed by atoms with Gasteiger partial charge in [0.2, 0.25) is 0 Å². The average molecular weight is 525 g/mol. The number of aliphatic imine (C=N–C) groups is 1. The Hall–Kier alpha value is -0.0900. The van der Waals surface area contributed by atoms with E-state index in [1.54, 1.807) is 0 Å². The van der Waals surface area contributed by atoms with Gasteiger partial charge in [0.1, 0.15) is 0 Å². The molecule has 0 bridgehead atoms. The number of nitrogens with one attached hydrogen (secondary N) is 2. The van der Waals surface area contributed by atoms with Crippen molar-refractivity contribution in [2.75, 3.05) is 31.2 Å². The summed E-state index contributed by atoms with van der Waals surface area (Å²) in [6.45, 7) is 6.71. The fraction of sp³-hybridized carbons (Fsp3) is 0.950. The van der Waals surface area contributed by atoms with E-state index in [2.05, 4.69) is 24.5 Å². The molecule has 0 aromatic rings. The van der Waals surface area contributed by atoms with Crippen LogP contribution in [0.3, 0.4) is 0 Å². The van der Waals surface area contributed by atoms with Crippen LogP contribution in [-0.2, 0) is 14.6 Å². The highest BCUT2D eigenvalue weighted by Gasteiger charge is 2.65. The molecule has 2 saturated carbocycles. The van der Waals surface area contributed by atoms with Crippen molar-refractivity contribution in [2.24, 2.45) is 28.2 Å². The molecule has 28 heavy (non-hydrogen) atoms. The van der Waals surface area contributed by atoms with Gasteiger partial charge in [0, 0.05) is 37.1 Å². The first-order valence-corrected chi connectivity index (χ1v) is 12.6. The van der Waals surface area contributed by atoms with Crippen LogP contribution in [0, 0.1) is 23.2 Å². The van der Waals surface area contributed by atoms with Gasteiger partial charge in [-0.25, -0.2) is 8.42 Å². The van der Waals surface area contributed by atoms with E-state index in [0.29, 0.717) is 42.0 Å². The number of sulfone groups is 1. The van der Waals surface area contributed by atoms with Crippen molar-refractivity contribution < 1.29 is 13.2 Å². The third-order valence-corrected chi connectivity index (χ3v) is 8.91. The molecule has 1 spiro atoms. The summed E-state index contributed by atoms with van der Waals surface area (Å²) in [4.78, 5) is 4.82. The highest BCUT2D eigenvalue weighted by atomic mass is 127. The Bertz CT molecular complexity index is 676. The molecule has 162 valence electrons. The summed E-state index contributed by atoms with van der Waals surface area (Å²) < 4.78 is 29.6. The minimum absolute atomic E-state index is 0. The molecule has 4 atom stereocenters. The Kier molecular flexibility index (Phi) is 7.23. The third kappa shape index (κ3) is 4.48. The molecule has 0 aromatic carbocycles. The Labute approximate surface area is 187 Å². The van der Waals surface area contributed by atoms with Gasteiger partial charge in [-0.05, 0) is 37.5 Å². The van der Waals surface area contributed by atoms with Crippen molar-refractivity contribution in [1.29, 1.82) is 0 Å². The van der Waals surface area contributed by atoms with Gasteiger partial charge in [0.05, 0.1) is 17.6 Å². The molecule has 0 radical (unpaired) electrons. The lowest BCUT2D eigenvalue weighted by Gasteiger charge is -2.57. The number of ether oxygens (including phenoxy) is 1. The van der Waals surface area contributed by atoms with Crippen LogP contribution in [0.2, 0.25) is 0 Å². The molecule has 2 N–H and O–H groups in total. The molecule has 4 fully saturated rings. The van der Waals surface area contributed by atoms with Gasteiger partial charge in [-0.2, -0.15) is 0 Å². The second-order valence-electron chi connectivity index (χ2n) is 9.54. The summed E-state index contributed by atoms with van der Waals surface area (Å²) >= 11 is 0. The van der Waals surface area contributed by atoms with Crippen LogP contribution in [0.15, 0.2) is 4.99 Å². The third-order valence-electron chi connectivity index (χ3n) is 7.08. The zero-order valence-corrected chi connectivity index (χ0v) is 20.3. The van der Waals surface area contributed by atoms with E-state index in [-0.39, 0.29) is 35.3 Å². The summed E-state index contributed by atoms with van der Waals surface area (Å²) in [5.74, 6) is 2.81. The van der Waals surface area contributed by atoms with E-state index in [1.807, 2.05) is 0 Å². The van der Waals surface area contributed by atoms with E-state index in [4.69, 9.17) is 9.73 Å². The molecule has 4 rings (SSSR count). The molecule has 2 aliphatic carbocycles. The minimum Gasteiger partial charge on any atom is -0.377 e. The van der Waals surface area contributed by atoms with E-state index in [1.165, 1.54) is 25.7 Å². The second-order valence-corrected chi connectivity index (χ2v) is 11.8. The molecule has 8 heteroatoms. The monoisotopic (exact) mass is 525 g/mol. The zero-order valence-electron chi connectivity index (χ0n) is 17.2. The molecule has 2 saturated heterocycles. The lowest BCUT2D eigenvalue weighted by atomic mass is 9.54. The fourth-order valence-electron chi connectivity index (χ4n) is 5.75. The Morgan fingerprint density at radius 2 is 2.00 bits per heavy atom. The molecular formula is C20H36IN3O3S. The molecule has 4 unspecified atom stereocenters. The van der Waals surface area contributed by atoms with Gasteiger partial charge in [-0.15, -0.1) is 24.0 Å². The molecule has 6 nitrogen and oxygen atoms in total. The van der Waals surface area contributed by atoms with Gasteiger partial charge < -0.3 is 15.4 Å². The standard InChI is InChI=1S/C20H35N3O3S.HI/c1-14(2)11-21-19(22-12-15-6-10-27(24,25)13-15)23-17-16-5-9-26-18(16)20(17)7-3-4-8-20;/h14-18H,3-13H2,1-2H3,(H2,21,22,23);1H. The molecule has 0 amide bonds. The Morgan fingerprint density at radius 1 is 1.25 bits per heavy atom. The first kappa shape index (κ1) is 22.6. The molecule has 2 aliphatic heterocycles. The van der Waals surface area contributed by atoms with Gasteiger partial charge in [-0.3, -0.25) is 4.99 Å². The largest absolute Gasteiger partial charge is 0.377 e. The number of hydrogen-bond acceptors (Lipinski definition) is 4. The van der Waals surface area contributed by atoms with Crippen LogP contribution in [0.4, 0.5) is 0 Å². The van der Waals surface area contributed by atoms with Gasteiger partial charge >= 0.3 is 0 Å². The smallest absolute Gasteiger partial charge is 0.191 e. The first-order valence-electron chi connectivity index (χ1n) is 10.8. The van der Waals surface area contributed by atoms with E-state index < -0.39 is 9.84 Å². The van der Waals surface area contributed by atoms with Crippen molar-refractivity contribution >= 4 is 39.8 Å². The van der Waals surface area contributed by atoms with Gasteiger partial charge in [0.15, 0.2) is 15.8 Å². The molecular weight excluding hydrogens is 489 g/mol. The maximum atomic E-state index is 11.7. The number of guanidine groups is 1. The molecule has 0 aromatic heterocycles. The summed E-state index contributed by atoms with van der Waals surface area (Å²) in [7, 11) is -2.83. The van der Waals surface area contributed by atoms with Crippen LogP contribution in [0.1, 0.15) is 52.4 Å². The zero-order chi connectivity index (χ0) is 19.1. The Balaban J connectivity index is 0.00000225. The number of nitrogens with zero attached hydrogens (tertiary/aromatic N) is 1. The van der Waals surface area contributed by atoms with Crippen LogP contribution >= 0.6 is 24.0 Å². The summed E-state index contributed by atoms with van der Waals surface area (Å²) in [5, 5.41) is 7.24. The molecule has 4 aliphatic rings. The van der Waals surface area contributed by atoms with Gasteiger partial charge in [0.25, 0.3) is 0 Å². The molecule has 2 heterocycles. The number of hydrogen-bond donors (Lipinski definition) is 2. The van der Waals surface area contributed by atoms with Crippen molar-refractivity contribution in [3.8, 4) is 0 Å². The fourth-order valence-corrected chi connectivity index (χ4v) is 7.61. The van der Waals surface area contributed by atoms with Crippen LogP contribution < -0.4 is 10.6 Å². The SMILES string of the molecule is CC(C)CN=C(NCC1CCS(=O)(=O)C1)NC1C2CCOC2C12CCCC2.I. The number of rotatable bonds is 5. The maximum absolute atomic E-state index is 11.7. The topological polar surface area (TPSA) is 79.8 Å². The first-order chi connectivity index (χ1) is 12.9. The predicted molar refractivity (Wildman–Crippen MR) is 123 cm³/mol. The van der Waals surface area contributed by atoms with Crippen molar-refractivity contribution in [1.82, 2.24) is 10.6 Å². The van der Waals surface area contributed by atoms with Crippen molar-refractivity contribution in [3.05, 3.63) is 0 Å². The average Bonchev–Trinajstić information content (AvgIpc) is 3.32. The summed E-state index contributed by atoms with van der Waals surface area (Å²) in [6.07, 6.45) is 7.45. The van der Waals surface area contributed by atoms with E-state index in [9.17, 15) is 8.42 Å². The lowest BCUT2D eigenvalue weighted by Crippen LogP contribution is -2.69. The number of halogens is 1. The van der Waals surface area contributed by atoms with Crippen molar-refractivity contribution in [3.63, 3.8) is 0 Å². The normalized spacial score (nSPS) is 35.5. The van der Waals surface area contributed by atoms with E-state index >= 15 is 0 Å². The second kappa shape index (κ2) is 8.96. The van der Waals surface area contributed by atoms with Crippen LogP contribution in [0.25, 0.3) is 0 Å². The van der Waals surface area contributed by atoms with Crippen LogP contribution in [-0.4, -0.2) is 57.7 Å². The van der Waals surface area contributed by atoms with Gasteiger partial charge in [-0.1, -0.05) is 26.7 Å². The quantitative estimate of drug-likeness (QED) is 0.328. The van der Waals surface area contributed by atoms with Crippen molar-refractivity contribution in [2.45, 2.75) is 64.5 Å². The maximum Gasteiger partial charge on any atom is 0.191 e. The highest BCUT2D eigenvalue weighted by molar-refractivity contribution is 14.0. The lowest BCUT2D eigenvalue weighted by molar-refractivity contribution is -0.125. The Morgan fingerprint density at radius 3 is 2.64 bits per heavy atom. The predicted octanol–water partition coefficient (Wildman–Crippen LogP) is 2.58. The summed E-state index contributed by atoms with van der Waals surface area (Å²) in [5.41, 5.74) is 0.290.